The van der Waals surface area contributed by atoms with Crippen molar-refractivity contribution in [1.29, 1.82) is 0 Å². The number of aromatic nitrogens is 1. The number of aryl methyl sites for hydroxylation is 2. The first-order valence-electron chi connectivity index (χ1n) is 6.83. The van der Waals surface area contributed by atoms with Gasteiger partial charge in [-0.2, -0.15) is 0 Å². The standard InChI is InChI=1S/C16H19N3O2/c1-3-12-5-4-6-13(9-12)21-10-16(20)19-15-8-7-14(17)11(2)18-15/h4-9H,3,10,17H2,1-2H3,(H,18,19,20). The highest BCUT2D eigenvalue weighted by atomic mass is 16.5. The van der Waals surface area contributed by atoms with Crippen molar-refractivity contribution >= 4 is 17.4 Å². The highest BCUT2D eigenvalue weighted by Crippen LogP contribution is 2.14. The van der Waals surface area contributed by atoms with Crippen LogP contribution in [0.25, 0.3) is 0 Å². The lowest BCUT2D eigenvalue weighted by Crippen LogP contribution is -2.21. The lowest BCUT2D eigenvalue weighted by molar-refractivity contribution is -0.118. The van der Waals surface area contributed by atoms with E-state index < -0.39 is 0 Å². The van der Waals surface area contributed by atoms with Crippen LogP contribution in [0.15, 0.2) is 36.4 Å². The molecule has 1 aromatic carbocycles. The van der Waals surface area contributed by atoms with Crippen LogP contribution in [0.1, 0.15) is 18.2 Å². The summed E-state index contributed by atoms with van der Waals surface area (Å²) in [7, 11) is 0. The molecule has 0 aliphatic rings. The van der Waals surface area contributed by atoms with Crippen LogP contribution in [0.2, 0.25) is 0 Å². The van der Waals surface area contributed by atoms with E-state index >= 15 is 0 Å². The maximum atomic E-state index is 11.8. The number of nitrogens with one attached hydrogen (secondary N) is 1. The summed E-state index contributed by atoms with van der Waals surface area (Å²) in [6.45, 7) is 3.80. The summed E-state index contributed by atoms with van der Waals surface area (Å²) >= 11 is 0. The highest BCUT2D eigenvalue weighted by molar-refractivity contribution is 5.91. The van der Waals surface area contributed by atoms with Gasteiger partial charge in [-0.05, 0) is 43.2 Å². The molecule has 2 rings (SSSR count). The van der Waals surface area contributed by atoms with E-state index in [0.717, 1.165) is 6.42 Å². The Morgan fingerprint density at radius 2 is 2.14 bits per heavy atom. The predicted molar refractivity (Wildman–Crippen MR) is 83.3 cm³/mol. The number of ether oxygens (including phenoxy) is 1. The molecule has 21 heavy (non-hydrogen) atoms. The van der Waals surface area contributed by atoms with Crippen molar-refractivity contribution in [2.75, 3.05) is 17.7 Å². The van der Waals surface area contributed by atoms with E-state index in [1.54, 1.807) is 19.1 Å². The number of nitrogens with two attached hydrogens (primary N) is 1. The third-order valence-electron chi connectivity index (χ3n) is 3.07. The maximum absolute atomic E-state index is 11.8. The van der Waals surface area contributed by atoms with Crippen molar-refractivity contribution in [3.63, 3.8) is 0 Å². The Bertz CT molecular complexity index is 641. The van der Waals surface area contributed by atoms with Crippen molar-refractivity contribution in [1.82, 2.24) is 4.98 Å². The summed E-state index contributed by atoms with van der Waals surface area (Å²) in [5.74, 6) is 0.900. The first-order valence-corrected chi connectivity index (χ1v) is 6.83. The topological polar surface area (TPSA) is 77.2 Å². The van der Waals surface area contributed by atoms with Gasteiger partial charge in [-0.3, -0.25) is 4.79 Å². The Kier molecular flexibility index (Phi) is 4.77. The minimum absolute atomic E-state index is 0.0573. The molecule has 1 heterocycles. The molecule has 0 saturated carbocycles. The molecule has 0 fully saturated rings. The van der Waals surface area contributed by atoms with Crippen LogP contribution in [0.4, 0.5) is 11.5 Å². The SMILES string of the molecule is CCc1cccc(OCC(=O)Nc2ccc(N)c(C)n2)c1. The molecule has 0 bridgehead atoms. The highest BCUT2D eigenvalue weighted by Gasteiger charge is 2.06. The van der Waals surface area contributed by atoms with Gasteiger partial charge < -0.3 is 15.8 Å². The molecule has 1 aromatic heterocycles. The van der Waals surface area contributed by atoms with Crippen LogP contribution in [0, 0.1) is 6.92 Å². The predicted octanol–water partition coefficient (Wildman–Crippen LogP) is 2.55. The van der Waals surface area contributed by atoms with Crippen LogP contribution in [-0.2, 0) is 11.2 Å². The summed E-state index contributed by atoms with van der Waals surface area (Å²) in [5.41, 5.74) is 8.13. The number of nitrogen functional groups attached to an aromatic ring is 1. The van der Waals surface area contributed by atoms with E-state index in [1.807, 2.05) is 24.3 Å². The van der Waals surface area contributed by atoms with Crippen LogP contribution in [0.3, 0.4) is 0 Å². The molecular formula is C16H19N3O2. The minimum Gasteiger partial charge on any atom is -0.484 e. The normalized spacial score (nSPS) is 10.2. The number of nitrogens with zero attached hydrogens (tertiary/aromatic N) is 1. The second kappa shape index (κ2) is 6.74. The van der Waals surface area contributed by atoms with Crippen molar-refractivity contribution in [3.05, 3.63) is 47.7 Å². The van der Waals surface area contributed by atoms with Crippen LogP contribution >= 0.6 is 0 Å². The number of hydrogen-bond donors (Lipinski definition) is 2. The number of carbonyl (C=O) groups excluding carboxylic acids is 1. The molecule has 5 heteroatoms. The van der Waals surface area contributed by atoms with Gasteiger partial charge in [-0.15, -0.1) is 0 Å². The quantitative estimate of drug-likeness (QED) is 0.885. The fourth-order valence-corrected chi connectivity index (χ4v) is 1.82. The van der Waals surface area contributed by atoms with E-state index in [9.17, 15) is 4.79 Å². The first-order chi connectivity index (χ1) is 10.1. The van der Waals surface area contributed by atoms with Gasteiger partial charge >= 0.3 is 0 Å². The zero-order valence-electron chi connectivity index (χ0n) is 12.2. The lowest BCUT2D eigenvalue weighted by atomic mass is 10.2. The molecule has 1 amide bonds. The zero-order valence-corrected chi connectivity index (χ0v) is 12.2. The average molecular weight is 285 g/mol. The number of pyridine rings is 1. The second-order valence-corrected chi connectivity index (χ2v) is 4.71. The molecule has 0 atom stereocenters. The Balaban J connectivity index is 1.91. The molecule has 0 unspecified atom stereocenters. The number of carbonyl (C=O) groups is 1. The number of anilines is 2. The zero-order chi connectivity index (χ0) is 15.2. The third kappa shape index (κ3) is 4.21. The van der Waals surface area contributed by atoms with Gasteiger partial charge in [-0.1, -0.05) is 19.1 Å². The molecule has 0 spiro atoms. The van der Waals surface area contributed by atoms with Crippen LogP contribution in [0.5, 0.6) is 5.75 Å². The largest absolute Gasteiger partial charge is 0.484 e. The van der Waals surface area contributed by atoms with Crippen molar-refractivity contribution in [2.45, 2.75) is 20.3 Å². The third-order valence-corrected chi connectivity index (χ3v) is 3.07. The van der Waals surface area contributed by atoms with E-state index in [-0.39, 0.29) is 12.5 Å². The Morgan fingerprint density at radius 3 is 2.86 bits per heavy atom. The molecule has 0 aliphatic heterocycles. The van der Waals surface area contributed by atoms with E-state index in [4.69, 9.17) is 10.5 Å². The number of hydrogen-bond acceptors (Lipinski definition) is 4. The van der Waals surface area contributed by atoms with Crippen molar-refractivity contribution < 1.29 is 9.53 Å². The van der Waals surface area contributed by atoms with Crippen LogP contribution < -0.4 is 15.8 Å². The lowest BCUT2D eigenvalue weighted by Gasteiger charge is -2.09. The van der Waals surface area contributed by atoms with E-state index in [0.29, 0.717) is 22.9 Å². The molecule has 3 N–H and O–H groups in total. The average Bonchev–Trinajstić information content (AvgIpc) is 2.49. The van der Waals surface area contributed by atoms with Gasteiger partial charge in [0.25, 0.3) is 5.91 Å². The number of amides is 1. The Morgan fingerprint density at radius 1 is 1.33 bits per heavy atom. The Hall–Kier alpha value is -2.56. The van der Waals surface area contributed by atoms with E-state index in [2.05, 4.69) is 17.2 Å². The minimum atomic E-state index is -0.256. The molecule has 5 nitrogen and oxygen atoms in total. The van der Waals surface area contributed by atoms with Gasteiger partial charge in [0.05, 0.1) is 11.4 Å². The first kappa shape index (κ1) is 14.8. The fourth-order valence-electron chi connectivity index (χ4n) is 1.82. The van der Waals surface area contributed by atoms with Gasteiger partial charge in [0, 0.05) is 0 Å². The Labute approximate surface area is 124 Å². The summed E-state index contributed by atoms with van der Waals surface area (Å²) < 4.78 is 5.47. The number of rotatable bonds is 5. The molecule has 0 saturated heterocycles. The molecule has 0 radical (unpaired) electrons. The van der Waals surface area contributed by atoms with Gasteiger partial charge in [0.2, 0.25) is 0 Å². The number of benzene rings is 1. The summed E-state index contributed by atoms with van der Waals surface area (Å²) in [6, 6.07) is 11.1. The molecule has 2 aromatic rings. The van der Waals surface area contributed by atoms with Crippen LogP contribution in [-0.4, -0.2) is 17.5 Å². The van der Waals surface area contributed by atoms with Crippen molar-refractivity contribution in [2.24, 2.45) is 0 Å². The van der Waals surface area contributed by atoms with Crippen molar-refractivity contribution in [3.8, 4) is 5.75 Å². The van der Waals surface area contributed by atoms with Gasteiger partial charge in [-0.25, -0.2) is 4.98 Å². The maximum Gasteiger partial charge on any atom is 0.263 e. The summed E-state index contributed by atoms with van der Waals surface area (Å²) in [4.78, 5) is 16.0. The second-order valence-electron chi connectivity index (χ2n) is 4.71. The summed E-state index contributed by atoms with van der Waals surface area (Å²) in [6.07, 6.45) is 0.929. The van der Waals surface area contributed by atoms with Gasteiger partial charge in [0.15, 0.2) is 6.61 Å². The monoisotopic (exact) mass is 285 g/mol. The molecular weight excluding hydrogens is 266 g/mol. The van der Waals surface area contributed by atoms with Gasteiger partial charge in [0.1, 0.15) is 11.6 Å². The fraction of sp³-hybridized carbons (Fsp3) is 0.250. The summed E-state index contributed by atoms with van der Waals surface area (Å²) in [5, 5.41) is 2.68. The molecule has 110 valence electrons. The van der Waals surface area contributed by atoms with E-state index in [1.165, 1.54) is 5.56 Å². The smallest absolute Gasteiger partial charge is 0.263 e. The molecule has 0 aliphatic carbocycles.